The molecule has 0 bridgehead atoms. The number of nitrogens with zero attached hydrogens (tertiary/aromatic N) is 2. The number of halogens is 2. The van der Waals surface area contributed by atoms with Crippen LogP contribution in [-0.4, -0.2) is 15.1 Å². The molecule has 0 aliphatic carbocycles. The monoisotopic (exact) mass is 395 g/mol. The molecule has 0 spiro atoms. The van der Waals surface area contributed by atoms with Gasteiger partial charge in [0.05, 0.1) is 16.1 Å². The van der Waals surface area contributed by atoms with E-state index in [0.717, 1.165) is 16.6 Å². The molecule has 0 aliphatic heterocycles. The third-order valence-corrected chi connectivity index (χ3v) is 5.08. The molecule has 1 atom stereocenters. The van der Waals surface area contributed by atoms with Gasteiger partial charge in [-0.3, -0.25) is 9.97 Å². The fourth-order valence-corrected chi connectivity index (χ4v) is 3.32. The molecule has 2 aromatic heterocycles. The van der Waals surface area contributed by atoms with E-state index in [1.165, 1.54) is 0 Å². The molecule has 2 N–H and O–H groups in total. The van der Waals surface area contributed by atoms with Crippen molar-refractivity contribution in [1.29, 1.82) is 0 Å². The zero-order valence-electron chi connectivity index (χ0n) is 14.1. The van der Waals surface area contributed by atoms with Crippen LogP contribution in [0.4, 0.5) is 5.69 Å². The van der Waals surface area contributed by atoms with Crippen LogP contribution in [0, 0.1) is 0 Å². The Morgan fingerprint density at radius 2 is 1.78 bits per heavy atom. The van der Waals surface area contributed by atoms with Crippen molar-refractivity contribution < 1.29 is 5.11 Å². The first kappa shape index (κ1) is 17.6. The lowest BCUT2D eigenvalue weighted by atomic mass is 9.97. The van der Waals surface area contributed by atoms with Crippen molar-refractivity contribution in [2.75, 3.05) is 5.32 Å². The highest BCUT2D eigenvalue weighted by Crippen LogP contribution is 2.37. The highest BCUT2D eigenvalue weighted by Gasteiger charge is 2.20. The molecule has 0 aliphatic rings. The molecule has 27 heavy (non-hydrogen) atoms. The van der Waals surface area contributed by atoms with E-state index in [1.807, 2.05) is 42.5 Å². The largest absolute Gasteiger partial charge is 0.505 e. The van der Waals surface area contributed by atoms with Gasteiger partial charge in [-0.25, -0.2) is 0 Å². The van der Waals surface area contributed by atoms with Crippen LogP contribution in [0.1, 0.15) is 17.2 Å². The van der Waals surface area contributed by atoms with Gasteiger partial charge in [0, 0.05) is 35.2 Å². The summed E-state index contributed by atoms with van der Waals surface area (Å²) in [6.45, 7) is 0. The highest BCUT2D eigenvalue weighted by molar-refractivity contribution is 6.42. The first-order chi connectivity index (χ1) is 13.1. The number of fused-ring (bicyclic) bond motifs is 1. The number of anilines is 1. The minimum Gasteiger partial charge on any atom is -0.505 e. The smallest absolute Gasteiger partial charge is 0.147 e. The van der Waals surface area contributed by atoms with E-state index in [1.54, 1.807) is 30.7 Å². The van der Waals surface area contributed by atoms with Crippen molar-refractivity contribution in [3.05, 3.63) is 94.4 Å². The Morgan fingerprint density at radius 1 is 0.926 bits per heavy atom. The topological polar surface area (TPSA) is 58.0 Å². The number of aromatic nitrogens is 2. The Kier molecular flexibility index (Phi) is 4.84. The van der Waals surface area contributed by atoms with Gasteiger partial charge in [0.2, 0.25) is 0 Å². The van der Waals surface area contributed by atoms with Crippen LogP contribution in [0.3, 0.4) is 0 Å². The van der Waals surface area contributed by atoms with Crippen LogP contribution in [-0.2, 0) is 0 Å². The molecule has 134 valence electrons. The summed E-state index contributed by atoms with van der Waals surface area (Å²) in [6.07, 6.45) is 5.14. The third kappa shape index (κ3) is 3.54. The molecular formula is C21H15Cl2N3O. The van der Waals surface area contributed by atoms with Crippen molar-refractivity contribution in [2.24, 2.45) is 0 Å². The fraction of sp³-hybridized carbons (Fsp3) is 0.0476. The standard InChI is InChI=1S/C21H15Cl2N3O/c22-17-8-6-15(11-18(17)23)26-19(14-4-1-9-24-12-14)16-7-5-13-3-2-10-25-20(13)21(16)27/h1-12,19,26-27H. The van der Waals surface area contributed by atoms with E-state index in [2.05, 4.69) is 15.3 Å². The average molecular weight is 396 g/mol. The summed E-state index contributed by atoms with van der Waals surface area (Å²) in [5.74, 6) is 0.134. The molecule has 4 nitrogen and oxygen atoms in total. The van der Waals surface area contributed by atoms with Crippen molar-refractivity contribution in [2.45, 2.75) is 6.04 Å². The van der Waals surface area contributed by atoms with Crippen LogP contribution in [0.2, 0.25) is 10.0 Å². The second-order valence-corrected chi connectivity index (χ2v) is 6.89. The summed E-state index contributed by atoms with van der Waals surface area (Å²) >= 11 is 12.2. The quantitative estimate of drug-likeness (QED) is 0.455. The van der Waals surface area contributed by atoms with E-state index in [-0.39, 0.29) is 11.8 Å². The molecule has 0 saturated heterocycles. The summed E-state index contributed by atoms with van der Waals surface area (Å²) in [6, 6.07) is 16.4. The van der Waals surface area contributed by atoms with Gasteiger partial charge in [-0.1, -0.05) is 47.5 Å². The molecule has 2 heterocycles. The van der Waals surface area contributed by atoms with E-state index in [9.17, 15) is 5.11 Å². The number of phenols is 1. The minimum absolute atomic E-state index is 0.134. The van der Waals surface area contributed by atoms with Crippen molar-refractivity contribution in [1.82, 2.24) is 9.97 Å². The number of nitrogens with one attached hydrogen (secondary N) is 1. The summed E-state index contributed by atoms with van der Waals surface area (Å²) in [7, 11) is 0. The predicted octanol–water partition coefficient (Wildman–Crippen LogP) is 5.84. The molecule has 6 heteroatoms. The summed E-state index contributed by atoms with van der Waals surface area (Å²) in [4.78, 5) is 8.53. The molecule has 0 radical (unpaired) electrons. The summed E-state index contributed by atoms with van der Waals surface area (Å²) in [5, 5.41) is 16.1. The molecule has 1 unspecified atom stereocenters. The maximum absolute atomic E-state index is 10.9. The SMILES string of the molecule is Oc1c(C(Nc2ccc(Cl)c(Cl)c2)c2cccnc2)ccc2cccnc12. The Bertz CT molecular complexity index is 1100. The highest BCUT2D eigenvalue weighted by atomic mass is 35.5. The lowest BCUT2D eigenvalue weighted by Crippen LogP contribution is -2.13. The van der Waals surface area contributed by atoms with Gasteiger partial charge in [0.25, 0.3) is 0 Å². The molecule has 0 fully saturated rings. The van der Waals surface area contributed by atoms with Gasteiger partial charge < -0.3 is 10.4 Å². The number of pyridine rings is 2. The van der Waals surface area contributed by atoms with Gasteiger partial charge in [-0.2, -0.15) is 0 Å². The second kappa shape index (κ2) is 7.43. The molecule has 2 aromatic carbocycles. The van der Waals surface area contributed by atoms with Gasteiger partial charge in [-0.05, 0) is 35.9 Å². The van der Waals surface area contributed by atoms with Crippen molar-refractivity contribution in [3.8, 4) is 5.75 Å². The van der Waals surface area contributed by atoms with E-state index in [4.69, 9.17) is 23.2 Å². The Hall–Kier alpha value is -2.82. The van der Waals surface area contributed by atoms with Crippen LogP contribution >= 0.6 is 23.2 Å². The Labute approximate surface area is 166 Å². The summed E-state index contributed by atoms with van der Waals surface area (Å²) in [5.41, 5.74) is 2.92. The number of rotatable bonds is 4. The van der Waals surface area contributed by atoms with Crippen LogP contribution < -0.4 is 5.32 Å². The van der Waals surface area contributed by atoms with Gasteiger partial charge in [-0.15, -0.1) is 0 Å². The maximum atomic E-state index is 10.9. The molecule has 0 saturated carbocycles. The molecule has 4 aromatic rings. The van der Waals surface area contributed by atoms with Gasteiger partial charge in [0.15, 0.2) is 0 Å². The minimum atomic E-state index is -0.345. The summed E-state index contributed by atoms with van der Waals surface area (Å²) < 4.78 is 0. The molecular weight excluding hydrogens is 381 g/mol. The number of aromatic hydroxyl groups is 1. The average Bonchev–Trinajstić information content (AvgIpc) is 2.70. The van der Waals surface area contributed by atoms with E-state index >= 15 is 0 Å². The maximum Gasteiger partial charge on any atom is 0.147 e. The van der Waals surface area contributed by atoms with Gasteiger partial charge in [0.1, 0.15) is 11.3 Å². The van der Waals surface area contributed by atoms with Gasteiger partial charge >= 0.3 is 0 Å². The number of benzene rings is 2. The van der Waals surface area contributed by atoms with Crippen molar-refractivity contribution >= 4 is 39.8 Å². The molecule has 0 amide bonds. The van der Waals surface area contributed by atoms with Crippen LogP contribution in [0.5, 0.6) is 5.75 Å². The number of hydrogen-bond acceptors (Lipinski definition) is 4. The molecule has 4 rings (SSSR count). The third-order valence-electron chi connectivity index (χ3n) is 4.34. The predicted molar refractivity (Wildman–Crippen MR) is 110 cm³/mol. The Balaban J connectivity index is 1.83. The lowest BCUT2D eigenvalue weighted by Gasteiger charge is -2.22. The zero-order chi connectivity index (χ0) is 18.8. The first-order valence-electron chi connectivity index (χ1n) is 8.31. The lowest BCUT2D eigenvalue weighted by molar-refractivity contribution is 0.471. The van der Waals surface area contributed by atoms with Crippen molar-refractivity contribution in [3.63, 3.8) is 0 Å². The van der Waals surface area contributed by atoms with Crippen LogP contribution in [0.25, 0.3) is 10.9 Å². The first-order valence-corrected chi connectivity index (χ1v) is 9.07. The van der Waals surface area contributed by atoms with E-state index in [0.29, 0.717) is 21.1 Å². The van der Waals surface area contributed by atoms with Crippen LogP contribution in [0.15, 0.2) is 73.2 Å². The number of hydrogen-bond donors (Lipinski definition) is 2. The normalized spacial score (nSPS) is 12.1. The number of phenolic OH excluding ortho intramolecular Hbond substituents is 1. The fourth-order valence-electron chi connectivity index (χ4n) is 3.02. The van der Waals surface area contributed by atoms with E-state index < -0.39 is 0 Å². The zero-order valence-corrected chi connectivity index (χ0v) is 15.6. The Morgan fingerprint density at radius 3 is 2.56 bits per heavy atom. The second-order valence-electron chi connectivity index (χ2n) is 6.07.